The molecule has 176 valence electrons. The molecule has 0 saturated heterocycles. The summed E-state index contributed by atoms with van der Waals surface area (Å²) in [5.41, 5.74) is -1.09. The average Bonchev–Trinajstić information content (AvgIpc) is 3.16. The number of benzene rings is 1. The first kappa shape index (κ1) is 22.8. The van der Waals surface area contributed by atoms with Crippen molar-refractivity contribution in [3.05, 3.63) is 56.5 Å². The molecule has 14 heteroatoms. The van der Waals surface area contributed by atoms with E-state index >= 15 is 0 Å². The molecule has 0 bridgehead atoms. The highest BCUT2D eigenvalue weighted by Gasteiger charge is 2.28. The van der Waals surface area contributed by atoms with Crippen LogP contribution in [0.5, 0.6) is 0 Å². The van der Waals surface area contributed by atoms with Crippen LogP contribution in [0, 0.1) is 5.92 Å². The maximum Gasteiger partial charge on any atom is 0.280 e. The Morgan fingerprint density at radius 2 is 1.94 bits per heavy atom. The number of hydrogen-bond acceptors (Lipinski definition) is 8. The number of rotatable bonds is 5. The average molecular weight is 495 g/mol. The van der Waals surface area contributed by atoms with E-state index in [4.69, 9.17) is 0 Å². The lowest BCUT2D eigenvalue weighted by Crippen LogP contribution is -2.52. The van der Waals surface area contributed by atoms with Crippen LogP contribution in [0.2, 0.25) is 0 Å². The number of sulfonamides is 2. The van der Waals surface area contributed by atoms with E-state index in [9.17, 15) is 26.4 Å². The van der Waals surface area contributed by atoms with Gasteiger partial charge in [0.1, 0.15) is 27.8 Å². The predicted molar refractivity (Wildman–Crippen MR) is 123 cm³/mol. The maximum atomic E-state index is 13.3. The molecule has 0 unspecified atom stereocenters. The first-order valence-electron chi connectivity index (χ1n) is 9.92. The monoisotopic (exact) mass is 494 g/mol. The van der Waals surface area contributed by atoms with E-state index in [2.05, 4.69) is 19.7 Å². The van der Waals surface area contributed by atoms with Crippen molar-refractivity contribution in [1.82, 2.24) is 18.9 Å². The van der Waals surface area contributed by atoms with Gasteiger partial charge in [0.15, 0.2) is 0 Å². The highest BCUT2D eigenvalue weighted by atomic mass is 32.2. The minimum atomic E-state index is -4.22. The number of anilines is 2. The number of hydrogen-bond donors (Lipinski definition) is 3. The summed E-state index contributed by atoms with van der Waals surface area (Å²) in [6.45, 7) is 4.29. The number of imidazole rings is 1. The summed E-state index contributed by atoms with van der Waals surface area (Å²) in [6.07, 6.45) is 4.26. The smallest absolute Gasteiger partial charge is 0.280 e. The summed E-state index contributed by atoms with van der Waals surface area (Å²) >= 11 is 0. The fourth-order valence-corrected chi connectivity index (χ4v) is 5.27. The Bertz CT molecular complexity index is 1650. The Hall–Kier alpha value is -3.39. The van der Waals surface area contributed by atoms with Gasteiger partial charge in [0.2, 0.25) is 15.5 Å². The lowest BCUT2D eigenvalue weighted by molar-refractivity contribution is 0.454. The van der Waals surface area contributed by atoms with Crippen LogP contribution < -0.4 is 31.0 Å². The van der Waals surface area contributed by atoms with Crippen LogP contribution in [0.4, 0.5) is 11.4 Å². The van der Waals surface area contributed by atoms with Gasteiger partial charge >= 0.3 is 0 Å². The Balaban J connectivity index is 1.94. The molecule has 3 N–H and O–H groups in total. The van der Waals surface area contributed by atoms with E-state index in [1.165, 1.54) is 33.9 Å². The fourth-order valence-electron chi connectivity index (χ4n) is 3.49. The standard InChI is InChI=1S/C19H22N6O6S2/c1-11(2)6-7-24-19(27)16(17(26)14-9-20-10-25(14)24)18-21-13-5-4-12(22-32(3,28)29)8-15(13)33(30,31)23-18/h4-5,8-11,21-23H,6-7H2,1-3H3. The van der Waals surface area contributed by atoms with Gasteiger partial charge in [-0.2, -0.15) is 0 Å². The molecule has 3 aromatic rings. The second kappa shape index (κ2) is 7.88. The van der Waals surface area contributed by atoms with Gasteiger partial charge in [0.05, 0.1) is 18.1 Å². The zero-order valence-corrected chi connectivity index (χ0v) is 19.6. The van der Waals surface area contributed by atoms with Crippen molar-refractivity contribution in [3.63, 3.8) is 0 Å². The van der Waals surface area contributed by atoms with Gasteiger partial charge in [-0.1, -0.05) is 13.8 Å². The van der Waals surface area contributed by atoms with Gasteiger partial charge in [-0.25, -0.2) is 31.0 Å². The van der Waals surface area contributed by atoms with Crippen molar-refractivity contribution in [1.29, 1.82) is 0 Å². The van der Waals surface area contributed by atoms with Crippen LogP contribution in [0.15, 0.2) is 45.2 Å². The van der Waals surface area contributed by atoms with E-state index < -0.39 is 31.0 Å². The summed E-state index contributed by atoms with van der Waals surface area (Å²) in [7, 11) is -7.85. The Kier molecular flexibility index (Phi) is 5.44. The van der Waals surface area contributed by atoms with Crippen molar-refractivity contribution in [2.75, 3.05) is 16.3 Å². The molecule has 0 amide bonds. The molecule has 0 spiro atoms. The molecule has 0 saturated carbocycles. The van der Waals surface area contributed by atoms with Crippen molar-refractivity contribution in [3.8, 4) is 0 Å². The van der Waals surface area contributed by atoms with Crippen molar-refractivity contribution in [2.45, 2.75) is 31.7 Å². The molecule has 33 heavy (non-hydrogen) atoms. The summed E-state index contributed by atoms with van der Waals surface area (Å²) in [6, 6.07) is 3.85. The van der Waals surface area contributed by atoms with Gasteiger partial charge in [-0.05, 0) is 30.5 Å². The van der Waals surface area contributed by atoms with E-state index in [0.29, 0.717) is 13.0 Å². The molecular formula is C19H22N6O6S2. The number of nitrogens with zero attached hydrogens (tertiary/aromatic N) is 3. The normalized spacial score (nSPS) is 16.8. The Morgan fingerprint density at radius 3 is 2.61 bits per heavy atom. The molecule has 0 atom stereocenters. The van der Waals surface area contributed by atoms with Crippen LogP contribution >= 0.6 is 0 Å². The summed E-state index contributed by atoms with van der Waals surface area (Å²) < 4.78 is 56.0. The van der Waals surface area contributed by atoms with Gasteiger partial charge in [0, 0.05) is 12.2 Å². The second-order valence-corrected chi connectivity index (χ2v) is 11.5. The van der Waals surface area contributed by atoms with E-state index in [-0.39, 0.29) is 38.7 Å². The highest BCUT2D eigenvalue weighted by molar-refractivity contribution is 7.92. The summed E-state index contributed by atoms with van der Waals surface area (Å²) in [5.74, 6) is 0.00903. The van der Waals surface area contributed by atoms with E-state index in [0.717, 1.165) is 12.3 Å². The minimum absolute atomic E-state index is 0.0492. The Morgan fingerprint density at radius 1 is 1.21 bits per heavy atom. The third-order valence-electron chi connectivity index (χ3n) is 5.03. The van der Waals surface area contributed by atoms with Crippen LogP contribution in [0.25, 0.3) is 11.3 Å². The minimum Gasteiger partial charge on any atom is -0.339 e. The van der Waals surface area contributed by atoms with E-state index in [1.54, 1.807) is 0 Å². The van der Waals surface area contributed by atoms with Crippen LogP contribution in [-0.2, 0) is 26.6 Å². The molecule has 12 nitrogen and oxygen atoms in total. The quantitative estimate of drug-likeness (QED) is 0.426. The van der Waals surface area contributed by atoms with Crippen LogP contribution in [0.3, 0.4) is 0 Å². The molecule has 0 radical (unpaired) electrons. The molecule has 0 fully saturated rings. The molecular weight excluding hydrogens is 472 g/mol. The first-order chi connectivity index (χ1) is 15.4. The van der Waals surface area contributed by atoms with Crippen LogP contribution in [-0.4, -0.2) is 37.3 Å². The second-order valence-electron chi connectivity index (χ2n) is 8.13. The largest absolute Gasteiger partial charge is 0.339 e. The number of aryl methyl sites for hydroxylation is 1. The third kappa shape index (κ3) is 4.30. The molecule has 0 aliphatic carbocycles. The molecule has 3 heterocycles. The van der Waals surface area contributed by atoms with Crippen molar-refractivity contribution >= 4 is 42.8 Å². The summed E-state index contributed by atoms with van der Waals surface area (Å²) in [5, 5.41) is 2.43. The first-order valence-corrected chi connectivity index (χ1v) is 13.3. The molecule has 2 aromatic heterocycles. The topological polar surface area (TPSA) is 161 Å². The number of nitrogens with one attached hydrogen (secondary N) is 3. The Labute approximate surface area is 189 Å². The van der Waals surface area contributed by atoms with Gasteiger partial charge in [-0.3, -0.25) is 19.0 Å². The van der Waals surface area contributed by atoms with Gasteiger partial charge in [0.25, 0.3) is 15.6 Å². The lowest BCUT2D eigenvalue weighted by atomic mass is 10.1. The fraction of sp³-hybridized carbons (Fsp3) is 0.316. The lowest BCUT2D eigenvalue weighted by Gasteiger charge is -2.23. The highest BCUT2D eigenvalue weighted by Crippen LogP contribution is 2.30. The van der Waals surface area contributed by atoms with Crippen molar-refractivity contribution < 1.29 is 16.8 Å². The molecule has 4 rings (SSSR count). The van der Waals surface area contributed by atoms with E-state index in [1.807, 2.05) is 13.8 Å². The van der Waals surface area contributed by atoms with Crippen molar-refractivity contribution in [2.24, 2.45) is 5.92 Å². The van der Waals surface area contributed by atoms with Gasteiger partial charge < -0.3 is 5.32 Å². The molecule has 1 aliphatic heterocycles. The molecule has 1 aliphatic rings. The zero-order chi connectivity index (χ0) is 24.1. The molecule has 1 aromatic carbocycles. The maximum absolute atomic E-state index is 13.3. The predicted octanol–water partition coefficient (Wildman–Crippen LogP) is -0.538. The summed E-state index contributed by atoms with van der Waals surface area (Å²) in [4.78, 5) is 30.1. The third-order valence-corrected chi connectivity index (χ3v) is 7.02. The zero-order valence-electron chi connectivity index (χ0n) is 18.0. The number of fused-ring (bicyclic) bond motifs is 2. The van der Waals surface area contributed by atoms with Crippen LogP contribution in [0.1, 0.15) is 20.3 Å². The SMILES string of the molecule is CC(C)CCn1c(=O)c(=C2Nc3ccc(NS(C)(=O)=O)cc3S(=O)(=O)N2)c(=O)c2cncn21. The van der Waals surface area contributed by atoms with Gasteiger partial charge in [-0.15, -0.1) is 0 Å². The number of aromatic nitrogens is 3.